The van der Waals surface area contributed by atoms with E-state index in [4.69, 9.17) is 9.47 Å². The Morgan fingerprint density at radius 1 is 1.06 bits per heavy atom. The van der Waals surface area contributed by atoms with Gasteiger partial charge in [-0.05, 0) is 48.9 Å². The summed E-state index contributed by atoms with van der Waals surface area (Å²) in [5, 5.41) is 0. The summed E-state index contributed by atoms with van der Waals surface area (Å²) in [7, 11) is -2.88. The maximum atomic E-state index is 13.6. The normalized spacial score (nSPS) is 15.2. The van der Waals surface area contributed by atoms with Gasteiger partial charge >= 0.3 is 5.97 Å². The lowest BCUT2D eigenvalue weighted by Crippen LogP contribution is -2.50. The third-order valence-corrected chi connectivity index (χ3v) is 7.59. The van der Waals surface area contributed by atoms with E-state index in [1.165, 1.54) is 48.4 Å². The van der Waals surface area contributed by atoms with Crippen molar-refractivity contribution in [3.63, 3.8) is 0 Å². The number of carbonyl (C=O) groups is 2. The summed E-state index contributed by atoms with van der Waals surface area (Å²) >= 11 is 0. The van der Waals surface area contributed by atoms with E-state index in [9.17, 15) is 22.4 Å². The lowest BCUT2D eigenvalue weighted by molar-refractivity contribution is -0.148. The summed E-state index contributed by atoms with van der Waals surface area (Å²) in [6.07, 6.45) is -1.06. The van der Waals surface area contributed by atoms with E-state index in [0.717, 1.165) is 9.87 Å². The molecule has 3 aromatic rings. The van der Waals surface area contributed by atoms with Gasteiger partial charge in [-0.1, -0.05) is 42.0 Å². The highest BCUT2D eigenvalue weighted by molar-refractivity contribution is 7.89. The monoisotopic (exact) mass is 512 g/mol. The molecule has 0 fully saturated rings. The molecule has 1 aliphatic heterocycles. The molecule has 0 aromatic heterocycles. The van der Waals surface area contributed by atoms with Crippen LogP contribution in [0.2, 0.25) is 0 Å². The maximum Gasteiger partial charge on any atom is 0.348 e. The first-order chi connectivity index (χ1) is 17.2. The number of anilines is 1. The number of carbonyl (C=O) groups excluding carboxylic acids is 2. The van der Waals surface area contributed by atoms with Crippen molar-refractivity contribution in [1.82, 2.24) is 4.31 Å². The summed E-state index contributed by atoms with van der Waals surface area (Å²) in [4.78, 5) is 27.1. The van der Waals surface area contributed by atoms with Crippen molar-refractivity contribution in [2.45, 2.75) is 24.5 Å². The predicted octanol–water partition coefficient (Wildman–Crippen LogP) is 3.29. The van der Waals surface area contributed by atoms with Gasteiger partial charge in [0.05, 0.1) is 30.8 Å². The van der Waals surface area contributed by atoms with E-state index in [2.05, 4.69) is 0 Å². The number of hydrogen-bond acceptors (Lipinski definition) is 6. The number of benzene rings is 3. The average Bonchev–Trinajstić information content (AvgIpc) is 2.88. The van der Waals surface area contributed by atoms with E-state index >= 15 is 0 Å². The molecule has 1 unspecified atom stereocenters. The molecule has 0 radical (unpaired) electrons. The van der Waals surface area contributed by atoms with Crippen LogP contribution in [0.4, 0.5) is 10.1 Å². The number of ether oxygens (including phenoxy) is 2. The quantitative estimate of drug-likeness (QED) is 0.451. The van der Waals surface area contributed by atoms with Crippen LogP contribution < -0.4 is 9.64 Å². The van der Waals surface area contributed by atoms with Gasteiger partial charge in [0.25, 0.3) is 0 Å². The summed E-state index contributed by atoms with van der Waals surface area (Å²) in [5.41, 5.74) is 1.81. The molecule has 1 heterocycles. The summed E-state index contributed by atoms with van der Waals surface area (Å²) in [5.74, 6) is -1.37. The second kappa shape index (κ2) is 10.5. The molecule has 0 aliphatic carbocycles. The van der Waals surface area contributed by atoms with Gasteiger partial charge in [0.15, 0.2) is 0 Å². The molecule has 8 nitrogen and oxygen atoms in total. The second-order valence-electron chi connectivity index (χ2n) is 8.31. The maximum absolute atomic E-state index is 13.6. The van der Waals surface area contributed by atoms with Crippen molar-refractivity contribution in [2.75, 3.05) is 25.1 Å². The Bertz CT molecular complexity index is 1360. The van der Waals surface area contributed by atoms with E-state index in [1.54, 1.807) is 36.4 Å². The number of halogens is 1. The zero-order chi connectivity index (χ0) is 25.9. The van der Waals surface area contributed by atoms with Gasteiger partial charge in [0.2, 0.25) is 22.0 Å². The Morgan fingerprint density at radius 2 is 1.72 bits per heavy atom. The average molecular weight is 513 g/mol. The minimum Gasteiger partial charge on any atom is -0.475 e. The molecule has 36 heavy (non-hydrogen) atoms. The van der Waals surface area contributed by atoms with Gasteiger partial charge in [0.1, 0.15) is 11.6 Å². The van der Waals surface area contributed by atoms with Crippen molar-refractivity contribution in [3.05, 3.63) is 89.7 Å². The Labute approximate surface area is 208 Å². The van der Waals surface area contributed by atoms with Crippen LogP contribution in [0, 0.1) is 12.7 Å². The lowest BCUT2D eigenvalue weighted by Gasteiger charge is -2.34. The summed E-state index contributed by atoms with van der Waals surface area (Å²) in [6.45, 7) is 1.02. The molecule has 188 valence electrons. The van der Waals surface area contributed by atoms with E-state index in [1.807, 2.05) is 6.92 Å². The molecule has 10 heteroatoms. The van der Waals surface area contributed by atoms with Crippen LogP contribution in [0.5, 0.6) is 5.75 Å². The standard InChI is InChI=1S/C26H25FN2O6S/c1-18-7-13-21(14-8-18)36(32,33)28(15-19-9-11-20(27)12-10-19)17-25(30)29-16-24(26(31)34-2)35-23-6-4-3-5-22(23)29/h3-14,24H,15-17H2,1-2H3. The Kier molecular flexibility index (Phi) is 7.37. The fraction of sp³-hybridized carbons (Fsp3) is 0.231. The summed E-state index contributed by atoms with van der Waals surface area (Å²) in [6, 6.07) is 18.4. The van der Waals surface area contributed by atoms with Crippen LogP contribution in [-0.2, 0) is 30.9 Å². The molecule has 4 rings (SSSR count). The molecule has 0 saturated heterocycles. The number of rotatable bonds is 7. The molecular formula is C26H25FN2O6S. The van der Waals surface area contributed by atoms with Gasteiger partial charge in [-0.3, -0.25) is 4.79 Å². The van der Waals surface area contributed by atoms with Gasteiger partial charge in [-0.25, -0.2) is 17.6 Å². The highest BCUT2D eigenvalue weighted by Gasteiger charge is 2.36. The summed E-state index contributed by atoms with van der Waals surface area (Å²) < 4.78 is 52.1. The highest BCUT2D eigenvalue weighted by atomic mass is 32.2. The number of aryl methyl sites for hydroxylation is 1. The predicted molar refractivity (Wildman–Crippen MR) is 130 cm³/mol. The zero-order valence-corrected chi connectivity index (χ0v) is 20.6. The van der Waals surface area contributed by atoms with Crippen molar-refractivity contribution >= 4 is 27.6 Å². The number of nitrogens with zero attached hydrogens (tertiary/aromatic N) is 2. The molecule has 1 aliphatic rings. The highest BCUT2D eigenvalue weighted by Crippen LogP contribution is 2.34. The molecule has 1 atom stereocenters. The third kappa shape index (κ3) is 5.39. The van der Waals surface area contributed by atoms with Crippen LogP contribution >= 0.6 is 0 Å². The van der Waals surface area contributed by atoms with Crippen molar-refractivity contribution in [2.24, 2.45) is 0 Å². The topological polar surface area (TPSA) is 93.2 Å². The lowest BCUT2D eigenvalue weighted by atomic mass is 10.1. The first kappa shape index (κ1) is 25.3. The largest absolute Gasteiger partial charge is 0.475 e. The fourth-order valence-electron chi connectivity index (χ4n) is 3.84. The Morgan fingerprint density at radius 3 is 2.39 bits per heavy atom. The SMILES string of the molecule is COC(=O)C1CN(C(=O)CN(Cc2ccc(F)cc2)S(=O)(=O)c2ccc(C)cc2)c2ccccc2O1. The van der Waals surface area contributed by atoms with E-state index in [0.29, 0.717) is 17.0 Å². The Balaban J connectivity index is 1.68. The number of fused-ring (bicyclic) bond motifs is 1. The number of sulfonamides is 1. The minimum atomic E-state index is -4.10. The molecule has 0 saturated carbocycles. The van der Waals surface area contributed by atoms with Crippen LogP contribution in [0.3, 0.4) is 0 Å². The second-order valence-corrected chi connectivity index (χ2v) is 10.3. The van der Waals surface area contributed by atoms with E-state index < -0.39 is 40.4 Å². The fourth-order valence-corrected chi connectivity index (χ4v) is 5.22. The van der Waals surface area contributed by atoms with Crippen molar-refractivity contribution in [1.29, 1.82) is 0 Å². The zero-order valence-electron chi connectivity index (χ0n) is 19.8. The number of methoxy groups -OCH3 is 1. The van der Waals surface area contributed by atoms with Gasteiger partial charge in [-0.2, -0.15) is 4.31 Å². The first-order valence-corrected chi connectivity index (χ1v) is 12.6. The Hall–Kier alpha value is -3.76. The number of amides is 1. The van der Waals surface area contributed by atoms with Gasteiger partial charge in [0, 0.05) is 6.54 Å². The van der Waals surface area contributed by atoms with Crippen LogP contribution in [0.15, 0.2) is 77.7 Å². The number of para-hydroxylation sites is 2. The van der Waals surface area contributed by atoms with Gasteiger partial charge in [-0.15, -0.1) is 0 Å². The molecular weight excluding hydrogens is 487 g/mol. The number of hydrogen-bond donors (Lipinski definition) is 0. The molecule has 3 aromatic carbocycles. The van der Waals surface area contributed by atoms with E-state index in [-0.39, 0.29) is 18.0 Å². The van der Waals surface area contributed by atoms with Crippen molar-refractivity contribution in [3.8, 4) is 5.75 Å². The van der Waals surface area contributed by atoms with Crippen molar-refractivity contribution < 1.29 is 31.9 Å². The molecule has 0 bridgehead atoms. The molecule has 0 spiro atoms. The minimum absolute atomic E-state index is 0.0258. The van der Waals surface area contributed by atoms with Crippen LogP contribution in [0.1, 0.15) is 11.1 Å². The van der Waals surface area contributed by atoms with Gasteiger partial charge < -0.3 is 14.4 Å². The first-order valence-electron chi connectivity index (χ1n) is 11.1. The van der Waals surface area contributed by atoms with Crippen LogP contribution in [-0.4, -0.2) is 50.9 Å². The molecule has 0 N–H and O–H groups in total. The molecule has 1 amide bonds. The smallest absolute Gasteiger partial charge is 0.348 e. The third-order valence-electron chi connectivity index (χ3n) is 5.78. The number of esters is 1. The van der Waals surface area contributed by atoms with Crippen LogP contribution in [0.25, 0.3) is 0 Å².